The summed E-state index contributed by atoms with van der Waals surface area (Å²) in [6, 6.07) is 6.60. The molecular weight excluding hydrogens is 326 g/mol. The van der Waals surface area contributed by atoms with Crippen molar-refractivity contribution in [1.82, 2.24) is 20.1 Å². The van der Waals surface area contributed by atoms with Gasteiger partial charge in [0, 0.05) is 40.6 Å². The molecule has 1 aromatic heterocycles. The fraction of sp³-hybridized carbons (Fsp3) is 0.438. The zero-order chi connectivity index (χ0) is 17.1. The van der Waals surface area contributed by atoms with Gasteiger partial charge in [0.25, 0.3) is 0 Å². The summed E-state index contributed by atoms with van der Waals surface area (Å²) in [7, 11) is -1.08. The molecule has 2 amide bonds. The fourth-order valence-corrected chi connectivity index (χ4v) is 3.33. The predicted octanol–water partition coefficient (Wildman–Crippen LogP) is 2.23. The van der Waals surface area contributed by atoms with Gasteiger partial charge in [0.05, 0.1) is 6.04 Å². The first kappa shape index (κ1) is 16.6. The maximum Gasteiger partial charge on any atom is 0.319 e. The second kappa shape index (κ2) is 7.12. The minimum atomic E-state index is -1.08. The molecule has 1 aliphatic rings. The van der Waals surface area contributed by atoms with E-state index in [1.54, 1.807) is 30.5 Å². The van der Waals surface area contributed by atoms with Gasteiger partial charge < -0.3 is 10.6 Å². The van der Waals surface area contributed by atoms with E-state index in [-0.39, 0.29) is 12.1 Å². The quantitative estimate of drug-likeness (QED) is 0.888. The SMILES string of the molecule is CCc1nc2n(n1)CCC[C@@H]2NC(=O)Nc1cccc([S@@](C)=O)c1. The van der Waals surface area contributed by atoms with Gasteiger partial charge in [0.1, 0.15) is 5.82 Å². The predicted molar refractivity (Wildman–Crippen MR) is 92.3 cm³/mol. The fourth-order valence-electron chi connectivity index (χ4n) is 2.76. The summed E-state index contributed by atoms with van der Waals surface area (Å²) in [6.07, 6.45) is 4.18. The lowest BCUT2D eigenvalue weighted by Gasteiger charge is -2.23. The number of rotatable bonds is 4. The van der Waals surface area contributed by atoms with Crippen molar-refractivity contribution < 1.29 is 9.00 Å². The van der Waals surface area contributed by atoms with Crippen LogP contribution in [0.1, 0.15) is 37.5 Å². The van der Waals surface area contributed by atoms with Gasteiger partial charge in [-0.2, -0.15) is 5.10 Å². The maximum atomic E-state index is 12.3. The van der Waals surface area contributed by atoms with Gasteiger partial charge in [-0.1, -0.05) is 13.0 Å². The lowest BCUT2D eigenvalue weighted by molar-refractivity contribution is 0.244. The van der Waals surface area contributed by atoms with E-state index in [0.29, 0.717) is 10.6 Å². The largest absolute Gasteiger partial charge is 0.328 e. The number of anilines is 1. The van der Waals surface area contributed by atoms with Gasteiger partial charge in [0.2, 0.25) is 0 Å². The van der Waals surface area contributed by atoms with Crippen molar-refractivity contribution in [2.24, 2.45) is 0 Å². The molecule has 0 radical (unpaired) electrons. The average molecular weight is 347 g/mol. The Morgan fingerprint density at radius 1 is 1.46 bits per heavy atom. The minimum absolute atomic E-state index is 0.143. The number of urea groups is 1. The molecule has 1 aromatic carbocycles. The van der Waals surface area contributed by atoms with E-state index in [1.165, 1.54) is 0 Å². The van der Waals surface area contributed by atoms with Gasteiger partial charge in [-0.3, -0.25) is 4.21 Å². The molecule has 24 heavy (non-hydrogen) atoms. The van der Waals surface area contributed by atoms with Crippen LogP contribution in [0.2, 0.25) is 0 Å². The number of aryl methyl sites for hydroxylation is 2. The van der Waals surface area contributed by atoms with Gasteiger partial charge in [0.15, 0.2) is 5.82 Å². The number of aromatic nitrogens is 3. The van der Waals surface area contributed by atoms with E-state index in [1.807, 2.05) is 11.6 Å². The first-order valence-electron chi connectivity index (χ1n) is 8.01. The number of benzene rings is 1. The number of carbonyl (C=O) groups excluding carboxylic acids is 1. The standard InChI is InChI=1S/C16H21N5O2S/c1-3-14-19-15-13(8-5-9-21(15)20-14)18-16(22)17-11-6-4-7-12(10-11)24(2)23/h4,6-7,10,13H,3,5,8-9H2,1-2H3,(H2,17,18,22)/t13-,24+/m0/s1. The Labute approximate surface area is 143 Å². The van der Waals surface area contributed by atoms with Crippen LogP contribution in [0.4, 0.5) is 10.5 Å². The van der Waals surface area contributed by atoms with Gasteiger partial charge >= 0.3 is 6.03 Å². The van der Waals surface area contributed by atoms with Crippen molar-refractivity contribution in [3.8, 4) is 0 Å². The highest BCUT2D eigenvalue weighted by Crippen LogP contribution is 2.23. The third-order valence-corrected chi connectivity index (χ3v) is 4.88. The zero-order valence-electron chi connectivity index (χ0n) is 13.8. The number of nitrogens with one attached hydrogen (secondary N) is 2. The monoisotopic (exact) mass is 347 g/mol. The zero-order valence-corrected chi connectivity index (χ0v) is 14.6. The molecule has 0 unspecified atom stereocenters. The van der Waals surface area contributed by atoms with Crippen LogP contribution < -0.4 is 10.6 Å². The molecule has 1 aliphatic heterocycles. The smallest absolute Gasteiger partial charge is 0.319 e. The summed E-state index contributed by atoms with van der Waals surface area (Å²) >= 11 is 0. The van der Waals surface area contributed by atoms with Gasteiger partial charge in [-0.05, 0) is 31.0 Å². The van der Waals surface area contributed by atoms with Crippen LogP contribution in [-0.2, 0) is 23.8 Å². The Morgan fingerprint density at radius 3 is 3.04 bits per heavy atom. The van der Waals surface area contributed by atoms with E-state index < -0.39 is 10.8 Å². The van der Waals surface area contributed by atoms with Crippen molar-refractivity contribution in [2.45, 2.75) is 43.7 Å². The Balaban J connectivity index is 1.69. The molecule has 2 aromatic rings. The third kappa shape index (κ3) is 3.64. The van der Waals surface area contributed by atoms with Crippen molar-refractivity contribution in [3.05, 3.63) is 35.9 Å². The lowest BCUT2D eigenvalue weighted by Crippen LogP contribution is -2.36. The molecule has 0 saturated carbocycles. The molecule has 0 spiro atoms. The highest BCUT2D eigenvalue weighted by Gasteiger charge is 2.25. The maximum absolute atomic E-state index is 12.3. The molecule has 0 aliphatic carbocycles. The van der Waals surface area contributed by atoms with E-state index in [2.05, 4.69) is 20.7 Å². The number of amides is 2. The van der Waals surface area contributed by atoms with E-state index in [4.69, 9.17) is 0 Å². The molecule has 128 valence electrons. The normalized spacial score (nSPS) is 17.8. The minimum Gasteiger partial charge on any atom is -0.328 e. The molecular formula is C16H21N5O2S. The summed E-state index contributed by atoms with van der Waals surface area (Å²) in [5.41, 5.74) is 0.617. The molecule has 0 saturated heterocycles. The molecule has 0 bridgehead atoms. The van der Waals surface area contributed by atoms with E-state index in [0.717, 1.165) is 37.5 Å². The molecule has 0 fully saturated rings. The summed E-state index contributed by atoms with van der Waals surface area (Å²) in [4.78, 5) is 17.5. The molecule has 8 heteroatoms. The number of carbonyl (C=O) groups is 1. The highest BCUT2D eigenvalue weighted by atomic mass is 32.2. The second-order valence-electron chi connectivity index (χ2n) is 5.74. The Bertz CT molecular complexity index is 774. The summed E-state index contributed by atoms with van der Waals surface area (Å²) < 4.78 is 13.4. The van der Waals surface area contributed by atoms with Crippen LogP contribution in [0, 0.1) is 0 Å². The van der Waals surface area contributed by atoms with Crippen LogP contribution >= 0.6 is 0 Å². The highest BCUT2D eigenvalue weighted by molar-refractivity contribution is 7.84. The van der Waals surface area contributed by atoms with Crippen LogP contribution in [-0.4, -0.2) is 31.3 Å². The third-order valence-electron chi connectivity index (χ3n) is 3.96. The van der Waals surface area contributed by atoms with E-state index in [9.17, 15) is 9.00 Å². The van der Waals surface area contributed by atoms with Gasteiger partial charge in [-0.25, -0.2) is 14.5 Å². The van der Waals surface area contributed by atoms with Crippen molar-refractivity contribution in [1.29, 1.82) is 0 Å². The van der Waals surface area contributed by atoms with Crippen molar-refractivity contribution in [3.63, 3.8) is 0 Å². The first-order chi connectivity index (χ1) is 11.6. The number of fused-ring (bicyclic) bond motifs is 1. The molecule has 3 rings (SSSR count). The Kier molecular flexibility index (Phi) is 4.94. The topological polar surface area (TPSA) is 88.9 Å². The lowest BCUT2D eigenvalue weighted by atomic mass is 10.1. The van der Waals surface area contributed by atoms with Crippen molar-refractivity contribution in [2.75, 3.05) is 11.6 Å². The first-order valence-corrected chi connectivity index (χ1v) is 9.57. The van der Waals surface area contributed by atoms with Crippen LogP contribution in [0.25, 0.3) is 0 Å². The Hall–Kier alpha value is -2.22. The summed E-state index contributed by atoms with van der Waals surface area (Å²) in [5.74, 6) is 1.62. The number of nitrogens with zero attached hydrogens (tertiary/aromatic N) is 3. The summed E-state index contributed by atoms with van der Waals surface area (Å²) in [6.45, 7) is 2.85. The average Bonchev–Trinajstić information content (AvgIpc) is 2.99. The van der Waals surface area contributed by atoms with Gasteiger partial charge in [-0.15, -0.1) is 0 Å². The molecule has 2 atom stereocenters. The van der Waals surface area contributed by atoms with E-state index >= 15 is 0 Å². The van der Waals surface area contributed by atoms with Crippen molar-refractivity contribution >= 4 is 22.5 Å². The second-order valence-corrected chi connectivity index (χ2v) is 7.12. The number of hydrogen-bond donors (Lipinski definition) is 2. The molecule has 2 heterocycles. The van der Waals surface area contributed by atoms with Crippen LogP contribution in [0.15, 0.2) is 29.2 Å². The molecule has 2 N–H and O–H groups in total. The summed E-state index contributed by atoms with van der Waals surface area (Å²) in [5, 5.41) is 10.2. The molecule has 7 nitrogen and oxygen atoms in total. The Morgan fingerprint density at radius 2 is 2.29 bits per heavy atom. The van der Waals surface area contributed by atoms with Crippen LogP contribution in [0.3, 0.4) is 0 Å². The van der Waals surface area contributed by atoms with Crippen LogP contribution in [0.5, 0.6) is 0 Å². The number of hydrogen-bond acceptors (Lipinski definition) is 4.